The van der Waals surface area contributed by atoms with E-state index in [-0.39, 0.29) is 12.5 Å². The molecule has 0 aliphatic heterocycles. The molecule has 0 bridgehead atoms. The van der Waals surface area contributed by atoms with Gasteiger partial charge in [-0.3, -0.25) is 4.79 Å². The molecule has 0 heterocycles. The van der Waals surface area contributed by atoms with Crippen LogP contribution in [0.4, 0.5) is 0 Å². The molecule has 0 aromatic carbocycles. The Hall–Kier alpha value is -1.10. The van der Waals surface area contributed by atoms with Crippen molar-refractivity contribution in [1.29, 1.82) is 0 Å². The number of carbonyl (C=O) groups is 2. The second-order valence-electron chi connectivity index (χ2n) is 2.99. The lowest BCUT2D eigenvalue weighted by molar-refractivity contribution is -0.130. The normalized spacial score (nSPS) is 11.6. The van der Waals surface area contributed by atoms with E-state index in [1.165, 1.54) is 0 Å². The maximum Gasteiger partial charge on any atom is 0.361 e. The molecule has 0 saturated heterocycles. The summed E-state index contributed by atoms with van der Waals surface area (Å²) < 4.78 is 0. The SMILES string of the molecule is CC(C)CON=C(C(=O)O)C(=O)CCl. The summed E-state index contributed by atoms with van der Waals surface area (Å²) in [5.74, 6) is -2.40. The summed E-state index contributed by atoms with van der Waals surface area (Å²) >= 11 is 5.18. The highest BCUT2D eigenvalue weighted by atomic mass is 35.5. The molecule has 0 saturated carbocycles. The Bertz CT molecular complexity index is 250. The highest BCUT2D eigenvalue weighted by Gasteiger charge is 2.19. The number of Topliss-reactive ketones (excluding diaryl/α,β-unsaturated/α-hetero) is 1. The van der Waals surface area contributed by atoms with E-state index in [2.05, 4.69) is 9.99 Å². The number of carboxylic acids is 1. The first-order valence-electron chi connectivity index (χ1n) is 4.01. The minimum absolute atomic E-state index is 0.208. The zero-order valence-electron chi connectivity index (χ0n) is 7.99. The number of carbonyl (C=O) groups excluding carboxylic acids is 1. The first-order valence-corrected chi connectivity index (χ1v) is 4.54. The van der Waals surface area contributed by atoms with E-state index in [0.717, 1.165) is 0 Å². The number of rotatable bonds is 6. The molecule has 14 heavy (non-hydrogen) atoms. The summed E-state index contributed by atoms with van der Waals surface area (Å²) in [5.41, 5.74) is -0.666. The van der Waals surface area contributed by atoms with Crippen molar-refractivity contribution in [3.05, 3.63) is 0 Å². The van der Waals surface area contributed by atoms with E-state index < -0.39 is 23.3 Å². The summed E-state index contributed by atoms with van der Waals surface area (Å²) in [6.45, 7) is 4.00. The van der Waals surface area contributed by atoms with Crippen LogP contribution in [0.15, 0.2) is 5.16 Å². The lowest BCUT2D eigenvalue weighted by Crippen LogP contribution is -2.25. The average molecular weight is 222 g/mol. The van der Waals surface area contributed by atoms with Crippen LogP contribution in [0.1, 0.15) is 13.8 Å². The summed E-state index contributed by atoms with van der Waals surface area (Å²) in [6.07, 6.45) is 0. The third kappa shape index (κ3) is 4.81. The van der Waals surface area contributed by atoms with E-state index >= 15 is 0 Å². The fourth-order valence-electron chi connectivity index (χ4n) is 0.523. The molecule has 0 radical (unpaired) electrons. The summed E-state index contributed by atoms with van der Waals surface area (Å²) in [6, 6.07) is 0. The summed E-state index contributed by atoms with van der Waals surface area (Å²) in [5, 5.41) is 11.8. The number of oxime groups is 1. The molecule has 0 amide bonds. The van der Waals surface area contributed by atoms with Crippen molar-refractivity contribution < 1.29 is 19.5 Å². The van der Waals surface area contributed by atoms with E-state index in [1.54, 1.807) is 0 Å². The lowest BCUT2D eigenvalue weighted by Gasteiger charge is -2.02. The third-order valence-electron chi connectivity index (χ3n) is 1.15. The highest BCUT2D eigenvalue weighted by Crippen LogP contribution is 1.95. The van der Waals surface area contributed by atoms with Crippen molar-refractivity contribution in [2.24, 2.45) is 11.1 Å². The van der Waals surface area contributed by atoms with Gasteiger partial charge >= 0.3 is 5.97 Å². The number of hydrogen-bond donors (Lipinski definition) is 1. The van der Waals surface area contributed by atoms with Crippen molar-refractivity contribution in [1.82, 2.24) is 0 Å². The van der Waals surface area contributed by atoms with Crippen molar-refractivity contribution in [2.75, 3.05) is 12.5 Å². The third-order valence-corrected chi connectivity index (χ3v) is 1.39. The van der Waals surface area contributed by atoms with Gasteiger partial charge in [0.15, 0.2) is 0 Å². The second-order valence-corrected chi connectivity index (χ2v) is 3.26. The van der Waals surface area contributed by atoms with Crippen molar-refractivity contribution in [2.45, 2.75) is 13.8 Å². The topological polar surface area (TPSA) is 76.0 Å². The molecular weight excluding hydrogens is 210 g/mol. The largest absolute Gasteiger partial charge is 0.476 e. The molecule has 80 valence electrons. The van der Waals surface area contributed by atoms with Gasteiger partial charge in [0.05, 0.1) is 5.88 Å². The average Bonchev–Trinajstić information content (AvgIpc) is 2.10. The maximum atomic E-state index is 10.9. The molecule has 0 aromatic rings. The smallest absolute Gasteiger partial charge is 0.361 e. The molecule has 0 aromatic heterocycles. The highest BCUT2D eigenvalue weighted by molar-refractivity contribution is 6.67. The van der Waals surface area contributed by atoms with E-state index in [4.69, 9.17) is 16.7 Å². The van der Waals surface area contributed by atoms with Crippen LogP contribution in [-0.2, 0) is 14.4 Å². The quantitative estimate of drug-likeness (QED) is 0.313. The van der Waals surface area contributed by atoms with E-state index in [1.807, 2.05) is 13.8 Å². The minimum Gasteiger partial charge on any atom is -0.476 e. The van der Waals surface area contributed by atoms with Gasteiger partial charge in [-0.05, 0) is 5.92 Å². The van der Waals surface area contributed by atoms with Crippen LogP contribution in [0.5, 0.6) is 0 Å². The summed E-state index contributed by atoms with van der Waals surface area (Å²) in [4.78, 5) is 26.1. The fraction of sp³-hybridized carbons (Fsp3) is 0.625. The molecule has 0 spiro atoms. The molecule has 0 aliphatic carbocycles. The molecule has 0 fully saturated rings. The van der Waals surface area contributed by atoms with Gasteiger partial charge in [0.25, 0.3) is 0 Å². The second kappa shape index (κ2) is 6.37. The van der Waals surface area contributed by atoms with E-state index in [0.29, 0.717) is 0 Å². The molecule has 0 aliphatic rings. The van der Waals surface area contributed by atoms with Crippen LogP contribution in [0.3, 0.4) is 0 Å². The van der Waals surface area contributed by atoms with Crippen LogP contribution in [0.25, 0.3) is 0 Å². The molecule has 0 atom stereocenters. The number of aliphatic carboxylic acids is 1. The number of ketones is 1. The van der Waals surface area contributed by atoms with Crippen LogP contribution < -0.4 is 0 Å². The first-order chi connectivity index (χ1) is 6.49. The predicted molar refractivity (Wildman–Crippen MR) is 51.6 cm³/mol. The maximum absolute atomic E-state index is 10.9. The Morgan fingerprint density at radius 1 is 1.50 bits per heavy atom. The number of nitrogens with zero attached hydrogens (tertiary/aromatic N) is 1. The van der Waals surface area contributed by atoms with Crippen molar-refractivity contribution in [3.8, 4) is 0 Å². The Labute approximate surface area is 86.7 Å². The molecule has 5 nitrogen and oxygen atoms in total. The van der Waals surface area contributed by atoms with Gasteiger partial charge in [-0.1, -0.05) is 19.0 Å². The Morgan fingerprint density at radius 2 is 2.07 bits per heavy atom. The van der Waals surface area contributed by atoms with Gasteiger partial charge in [-0.15, -0.1) is 11.6 Å². The van der Waals surface area contributed by atoms with E-state index in [9.17, 15) is 9.59 Å². The Morgan fingerprint density at radius 3 is 2.43 bits per heavy atom. The molecule has 0 unspecified atom stereocenters. The zero-order chi connectivity index (χ0) is 11.1. The van der Waals surface area contributed by atoms with Gasteiger partial charge < -0.3 is 9.94 Å². The number of carboxylic acid groups (broad SMARTS) is 1. The van der Waals surface area contributed by atoms with Gasteiger partial charge in [0.2, 0.25) is 11.5 Å². The minimum atomic E-state index is -1.43. The van der Waals surface area contributed by atoms with Gasteiger partial charge in [-0.25, -0.2) is 4.79 Å². The van der Waals surface area contributed by atoms with Gasteiger partial charge in [0, 0.05) is 0 Å². The first kappa shape index (κ1) is 12.9. The van der Waals surface area contributed by atoms with Gasteiger partial charge in [-0.2, -0.15) is 0 Å². The van der Waals surface area contributed by atoms with Gasteiger partial charge in [0.1, 0.15) is 6.61 Å². The predicted octanol–water partition coefficient (Wildman–Crippen LogP) is 0.907. The van der Waals surface area contributed by atoms with Crippen molar-refractivity contribution in [3.63, 3.8) is 0 Å². The van der Waals surface area contributed by atoms with Crippen LogP contribution >= 0.6 is 11.6 Å². The summed E-state index contributed by atoms with van der Waals surface area (Å²) in [7, 11) is 0. The molecular formula is C8H12ClNO4. The van der Waals surface area contributed by atoms with Crippen molar-refractivity contribution >= 4 is 29.1 Å². The van der Waals surface area contributed by atoms with Crippen LogP contribution in [0, 0.1) is 5.92 Å². The lowest BCUT2D eigenvalue weighted by atomic mass is 10.2. The zero-order valence-corrected chi connectivity index (χ0v) is 8.74. The molecule has 1 N–H and O–H groups in total. The molecule has 0 rings (SSSR count). The van der Waals surface area contributed by atoms with Crippen LogP contribution in [-0.4, -0.2) is 35.1 Å². The monoisotopic (exact) mass is 221 g/mol. The number of hydrogen-bond acceptors (Lipinski definition) is 4. The standard InChI is InChI=1S/C8H12ClNO4/c1-5(2)4-14-10-7(8(12)13)6(11)3-9/h5H,3-4H2,1-2H3,(H,12,13). The Balaban J connectivity index is 4.35. The number of alkyl halides is 1. The number of halogens is 1. The Kier molecular flexibility index (Phi) is 5.87. The fourth-order valence-corrected chi connectivity index (χ4v) is 0.650. The van der Waals surface area contributed by atoms with Crippen LogP contribution in [0.2, 0.25) is 0 Å². The molecule has 6 heteroatoms.